The number of aromatic nitrogens is 2. The van der Waals surface area contributed by atoms with Crippen LogP contribution < -0.4 is 0 Å². The highest BCUT2D eigenvalue weighted by atomic mass is 32.2. The van der Waals surface area contributed by atoms with E-state index in [-0.39, 0.29) is 4.90 Å². The Kier molecular flexibility index (Phi) is 2.60. The molecule has 0 radical (unpaired) electrons. The average molecular weight is 315 g/mol. The van der Waals surface area contributed by atoms with E-state index < -0.39 is 10.0 Å². The van der Waals surface area contributed by atoms with Crippen molar-refractivity contribution in [2.75, 3.05) is 0 Å². The molecule has 1 aromatic carbocycles. The summed E-state index contributed by atoms with van der Waals surface area (Å²) in [7, 11) is -3.58. The number of sulfonamides is 1. The highest BCUT2D eigenvalue weighted by Crippen LogP contribution is 2.30. The molecule has 0 atom stereocenters. The molecule has 0 bridgehead atoms. The maximum absolute atomic E-state index is 12.0. The van der Waals surface area contributed by atoms with Crippen molar-refractivity contribution in [3.63, 3.8) is 0 Å². The largest absolute Gasteiger partial charge is 0.285 e. The highest BCUT2D eigenvalue weighted by molar-refractivity contribution is 7.91. The Labute approximate surface area is 125 Å². The second-order valence-corrected chi connectivity index (χ2v) is 6.87. The molecule has 0 saturated heterocycles. The van der Waals surface area contributed by atoms with Crippen molar-refractivity contribution >= 4 is 27.2 Å². The molecule has 0 aliphatic carbocycles. The van der Waals surface area contributed by atoms with Gasteiger partial charge in [0.2, 0.25) is 0 Å². The van der Waals surface area contributed by atoms with E-state index in [0.29, 0.717) is 11.4 Å². The van der Waals surface area contributed by atoms with E-state index >= 15 is 0 Å². The number of rotatable bonds is 1. The number of benzene rings is 1. The molecule has 2 aromatic heterocycles. The molecule has 0 amide bonds. The van der Waals surface area contributed by atoms with E-state index in [1.54, 1.807) is 17.0 Å². The number of nitrogens with zero attached hydrogens (tertiary/aromatic N) is 3. The fourth-order valence-electron chi connectivity index (χ4n) is 2.23. The summed E-state index contributed by atoms with van der Waals surface area (Å²) in [5.41, 5.74) is 2.37. The van der Waals surface area contributed by atoms with Crippen LogP contribution in [-0.4, -0.2) is 24.0 Å². The first-order chi connectivity index (χ1) is 10.1. The summed E-state index contributed by atoms with van der Waals surface area (Å²) in [6, 6.07) is 11.6. The minimum absolute atomic E-state index is 0.263. The number of fused-ring (bicyclic) bond motifs is 1. The summed E-state index contributed by atoms with van der Waals surface area (Å²) in [6.07, 6.45) is 1.73. The van der Waals surface area contributed by atoms with Crippen molar-refractivity contribution in [3.05, 3.63) is 58.9 Å². The quantitative estimate of drug-likeness (QED) is 0.693. The fraction of sp³-hybridized carbons (Fsp3) is 0. The molecule has 1 aliphatic rings. The van der Waals surface area contributed by atoms with Crippen molar-refractivity contribution in [2.45, 2.75) is 4.90 Å². The van der Waals surface area contributed by atoms with Gasteiger partial charge in [0.25, 0.3) is 10.0 Å². The normalized spacial score (nSPS) is 15.7. The van der Waals surface area contributed by atoms with Crippen LogP contribution in [0, 0.1) is 0 Å². The number of hydrogen-bond acceptors (Lipinski definition) is 4. The maximum Gasteiger partial charge on any atom is 0.285 e. The zero-order valence-electron chi connectivity index (χ0n) is 10.7. The monoisotopic (exact) mass is 315 g/mol. The van der Waals surface area contributed by atoms with Crippen LogP contribution in [-0.2, 0) is 10.0 Å². The zero-order valence-corrected chi connectivity index (χ0v) is 12.3. The van der Waals surface area contributed by atoms with Crippen molar-refractivity contribution in [1.82, 2.24) is 9.78 Å². The van der Waals surface area contributed by atoms with E-state index in [9.17, 15) is 8.42 Å². The van der Waals surface area contributed by atoms with Crippen LogP contribution in [0.5, 0.6) is 0 Å². The van der Waals surface area contributed by atoms with E-state index in [1.807, 2.05) is 36.4 Å². The molecule has 4 rings (SSSR count). The topological polar surface area (TPSA) is 64.3 Å². The van der Waals surface area contributed by atoms with Crippen LogP contribution in [0.4, 0.5) is 0 Å². The lowest BCUT2D eigenvalue weighted by Gasteiger charge is -1.99. The summed E-state index contributed by atoms with van der Waals surface area (Å²) >= 11 is 1.34. The molecule has 1 aliphatic heterocycles. The van der Waals surface area contributed by atoms with E-state index in [2.05, 4.69) is 9.50 Å². The molecule has 0 spiro atoms. The predicted molar refractivity (Wildman–Crippen MR) is 81.1 cm³/mol. The number of thiophene rings is 1. The van der Waals surface area contributed by atoms with Gasteiger partial charge in [-0.05, 0) is 6.07 Å². The molecule has 0 fully saturated rings. The van der Waals surface area contributed by atoms with E-state index in [4.69, 9.17) is 0 Å². The van der Waals surface area contributed by atoms with Crippen LogP contribution in [0.1, 0.15) is 5.56 Å². The lowest BCUT2D eigenvalue weighted by atomic mass is 10.2. The van der Waals surface area contributed by atoms with Gasteiger partial charge in [0.05, 0.1) is 11.3 Å². The molecular formula is C14H9N3O2S2. The standard InChI is InChI=1S/C14H9N3O2S2/c18-21(19)13-9-20-8-11(13)14(16-21)17-7-6-12(15-17)10-4-2-1-3-5-10/h1-9H. The van der Waals surface area contributed by atoms with Gasteiger partial charge in [-0.2, -0.15) is 24.9 Å². The second-order valence-electron chi connectivity index (χ2n) is 4.55. The van der Waals surface area contributed by atoms with Crippen LogP contribution in [0.25, 0.3) is 11.3 Å². The van der Waals surface area contributed by atoms with Crippen LogP contribution in [0.2, 0.25) is 0 Å². The lowest BCUT2D eigenvalue weighted by molar-refractivity contribution is 0.599. The molecule has 104 valence electrons. The maximum atomic E-state index is 12.0. The average Bonchev–Trinajstić information content (AvgIpc) is 3.18. The Hall–Kier alpha value is -2.25. The Bertz CT molecular complexity index is 953. The molecule has 0 saturated carbocycles. The van der Waals surface area contributed by atoms with Crippen molar-refractivity contribution in [1.29, 1.82) is 0 Å². The smallest absolute Gasteiger partial charge is 0.221 e. The summed E-state index contributed by atoms with van der Waals surface area (Å²) in [5.74, 6) is 0.355. The van der Waals surface area contributed by atoms with Gasteiger partial charge in [-0.3, -0.25) is 0 Å². The summed E-state index contributed by atoms with van der Waals surface area (Å²) in [4.78, 5) is 0.263. The van der Waals surface area contributed by atoms with Gasteiger partial charge in [0.1, 0.15) is 4.90 Å². The minimum Gasteiger partial charge on any atom is -0.221 e. The zero-order chi connectivity index (χ0) is 14.4. The van der Waals surface area contributed by atoms with Crippen molar-refractivity contribution in [3.8, 4) is 11.3 Å². The molecule has 21 heavy (non-hydrogen) atoms. The van der Waals surface area contributed by atoms with E-state index in [0.717, 1.165) is 11.3 Å². The van der Waals surface area contributed by atoms with Gasteiger partial charge in [-0.15, -0.1) is 4.40 Å². The predicted octanol–water partition coefficient (Wildman–Crippen LogP) is 2.61. The van der Waals surface area contributed by atoms with Crippen LogP contribution >= 0.6 is 11.3 Å². The molecule has 0 N–H and O–H groups in total. The molecule has 7 heteroatoms. The molecule has 3 heterocycles. The van der Waals surface area contributed by atoms with Crippen LogP contribution in [0.15, 0.2) is 62.6 Å². The van der Waals surface area contributed by atoms with Gasteiger partial charge in [-0.25, -0.2) is 4.68 Å². The third-order valence-electron chi connectivity index (χ3n) is 3.23. The van der Waals surface area contributed by atoms with Gasteiger partial charge in [0, 0.05) is 22.5 Å². The summed E-state index contributed by atoms with van der Waals surface area (Å²) in [5, 5.41) is 7.81. The molecule has 3 aromatic rings. The summed E-state index contributed by atoms with van der Waals surface area (Å²) < 4.78 is 29.2. The second kappa shape index (κ2) is 4.37. The first kappa shape index (κ1) is 12.5. The van der Waals surface area contributed by atoms with Gasteiger partial charge >= 0.3 is 0 Å². The van der Waals surface area contributed by atoms with Crippen LogP contribution in [0.3, 0.4) is 0 Å². The highest BCUT2D eigenvalue weighted by Gasteiger charge is 2.31. The van der Waals surface area contributed by atoms with Crippen molar-refractivity contribution in [2.24, 2.45) is 4.40 Å². The minimum atomic E-state index is -3.58. The third kappa shape index (κ3) is 1.93. The summed E-state index contributed by atoms with van der Waals surface area (Å²) in [6.45, 7) is 0. The third-order valence-corrected chi connectivity index (χ3v) is 5.43. The number of hydrogen-bond donors (Lipinski definition) is 0. The Morgan fingerprint density at radius 2 is 1.86 bits per heavy atom. The van der Waals surface area contributed by atoms with Crippen molar-refractivity contribution < 1.29 is 8.42 Å². The molecule has 5 nitrogen and oxygen atoms in total. The molecule has 0 unspecified atom stereocenters. The Balaban J connectivity index is 1.82. The van der Waals surface area contributed by atoms with Gasteiger partial charge in [-0.1, -0.05) is 30.3 Å². The van der Waals surface area contributed by atoms with Gasteiger partial charge in [0.15, 0.2) is 5.84 Å². The fourth-order valence-corrected chi connectivity index (χ4v) is 4.58. The Morgan fingerprint density at radius 1 is 1.05 bits per heavy atom. The molecular weight excluding hydrogens is 306 g/mol. The van der Waals surface area contributed by atoms with E-state index in [1.165, 1.54) is 16.0 Å². The first-order valence-corrected chi connectivity index (χ1v) is 8.56. The Morgan fingerprint density at radius 3 is 2.67 bits per heavy atom. The lowest BCUT2D eigenvalue weighted by Crippen LogP contribution is -2.11. The SMILES string of the molecule is O=S1(=O)N=C(n2ccc(-c3ccccc3)n2)c2cscc21. The first-order valence-electron chi connectivity index (χ1n) is 6.18. The van der Waals surface area contributed by atoms with Gasteiger partial charge < -0.3 is 0 Å².